The van der Waals surface area contributed by atoms with Crippen molar-refractivity contribution in [1.29, 1.82) is 0 Å². The van der Waals surface area contributed by atoms with E-state index in [-0.39, 0.29) is 12.0 Å². The lowest BCUT2D eigenvalue weighted by atomic mass is 9.83. The third-order valence-corrected chi connectivity index (χ3v) is 4.02. The van der Waals surface area contributed by atoms with Crippen LogP contribution in [-0.2, 0) is 0 Å². The fraction of sp³-hybridized carbons (Fsp3) is 1.00. The predicted molar refractivity (Wildman–Crippen MR) is 67.2 cm³/mol. The first-order chi connectivity index (χ1) is 7.65. The van der Waals surface area contributed by atoms with Crippen LogP contribution >= 0.6 is 0 Å². The molecule has 0 bridgehead atoms. The number of piperazine rings is 1. The van der Waals surface area contributed by atoms with Gasteiger partial charge in [-0.2, -0.15) is 0 Å². The van der Waals surface area contributed by atoms with Crippen LogP contribution in [0.25, 0.3) is 0 Å². The van der Waals surface area contributed by atoms with Crippen LogP contribution in [-0.4, -0.2) is 61.4 Å². The number of aliphatic hydroxyl groups is 1. The molecule has 0 aromatic carbocycles. The minimum Gasteiger partial charge on any atom is -0.396 e. The Kier molecular flexibility index (Phi) is 5.69. The van der Waals surface area contributed by atoms with Crippen molar-refractivity contribution in [3.63, 3.8) is 0 Å². The molecule has 1 aliphatic rings. The Labute approximate surface area is 99.6 Å². The van der Waals surface area contributed by atoms with Gasteiger partial charge in [0.1, 0.15) is 0 Å². The van der Waals surface area contributed by atoms with Gasteiger partial charge >= 0.3 is 0 Å². The van der Waals surface area contributed by atoms with E-state index in [0.29, 0.717) is 0 Å². The summed E-state index contributed by atoms with van der Waals surface area (Å²) in [4.78, 5) is 2.34. The number of likely N-dealkylation sites (N-methyl/N-ethyl adjacent to an activating group) is 1. The zero-order valence-corrected chi connectivity index (χ0v) is 11.0. The first-order valence-corrected chi connectivity index (χ1v) is 6.43. The van der Waals surface area contributed by atoms with Crippen LogP contribution < -0.4 is 5.43 Å². The van der Waals surface area contributed by atoms with Crippen molar-refractivity contribution in [3.8, 4) is 0 Å². The van der Waals surface area contributed by atoms with E-state index in [1.165, 1.54) is 0 Å². The monoisotopic (exact) mass is 229 g/mol. The molecule has 1 aliphatic heterocycles. The molecular formula is C12H27N3O. The summed E-state index contributed by atoms with van der Waals surface area (Å²) in [5.41, 5.74) is 3.54. The Hall–Kier alpha value is -0.160. The summed E-state index contributed by atoms with van der Waals surface area (Å²) < 4.78 is 0. The molecule has 96 valence electrons. The lowest BCUT2D eigenvalue weighted by Gasteiger charge is -2.37. The molecule has 4 nitrogen and oxygen atoms in total. The average Bonchev–Trinajstić information content (AvgIpc) is 2.34. The van der Waals surface area contributed by atoms with Crippen LogP contribution in [0.5, 0.6) is 0 Å². The Morgan fingerprint density at radius 1 is 1.12 bits per heavy atom. The van der Waals surface area contributed by atoms with Gasteiger partial charge in [0.2, 0.25) is 0 Å². The summed E-state index contributed by atoms with van der Waals surface area (Å²) in [5, 5.41) is 11.8. The maximum absolute atomic E-state index is 9.48. The normalized spacial score (nSPS) is 20.2. The van der Waals surface area contributed by atoms with Gasteiger partial charge in [-0.25, -0.2) is 5.01 Å². The van der Waals surface area contributed by atoms with Crippen molar-refractivity contribution >= 4 is 0 Å². The number of rotatable bonds is 6. The zero-order chi connectivity index (χ0) is 12.0. The van der Waals surface area contributed by atoms with Gasteiger partial charge in [0.05, 0.1) is 0 Å². The van der Waals surface area contributed by atoms with Gasteiger partial charge in [0, 0.05) is 44.7 Å². The number of aliphatic hydroxyl groups excluding tert-OH is 1. The molecule has 1 rings (SSSR count). The van der Waals surface area contributed by atoms with Crippen LogP contribution in [0.15, 0.2) is 0 Å². The summed E-state index contributed by atoms with van der Waals surface area (Å²) in [6.45, 7) is 9.88. The molecule has 0 amide bonds. The number of nitrogens with zero attached hydrogens (tertiary/aromatic N) is 2. The molecule has 0 saturated carbocycles. The van der Waals surface area contributed by atoms with E-state index in [1.807, 2.05) is 0 Å². The van der Waals surface area contributed by atoms with Gasteiger partial charge in [-0.15, -0.1) is 0 Å². The van der Waals surface area contributed by atoms with Crippen molar-refractivity contribution in [2.24, 2.45) is 5.41 Å². The molecule has 0 aliphatic carbocycles. The van der Waals surface area contributed by atoms with Crippen LogP contribution in [0.4, 0.5) is 0 Å². The molecule has 0 aromatic rings. The van der Waals surface area contributed by atoms with Gasteiger partial charge in [-0.05, 0) is 19.9 Å². The second-order valence-corrected chi connectivity index (χ2v) is 4.99. The topological polar surface area (TPSA) is 38.7 Å². The van der Waals surface area contributed by atoms with Crippen LogP contribution in [0.1, 0.15) is 26.7 Å². The molecule has 0 radical (unpaired) electrons. The van der Waals surface area contributed by atoms with E-state index in [9.17, 15) is 5.11 Å². The van der Waals surface area contributed by atoms with Crippen molar-refractivity contribution in [2.75, 3.05) is 46.4 Å². The fourth-order valence-electron chi connectivity index (χ4n) is 2.02. The smallest absolute Gasteiger partial charge is 0.0499 e. The maximum atomic E-state index is 9.48. The lowest BCUT2D eigenvalue weighted by molar-refractivity contribution is 0.0517. The average molecular weight is 229 g/mol. The van der Waals surface area contributed by atoms with Gasteiger partial charge in [0.15, 0.2) is 0 Å². The van der Waals surface area contributed by atoms with E-state index in [2.05, 4.69) is 36.2 Å². The van der Waals surface area contributed by atoms with Crippen molar-refractivity contribution in [3.05, 3.63) is 0 Å². The molecule has 1 saturated heterocycles. The number of nitrogens with one attached hydrogen (secondary N) is 1. The minimum atomic E-state index is 0.0589. The summed E-state index contributed by atoms with van der Waals surface area (Å²) >= 11 is 0. The van der Waals surface area contributed by atoms with Crippen molar-refractivity contribution < 1.29 is 5.11 Å². The van der Waals surface area contributed by atoms with Crippen molar-refractivity contribution in [2.45, 2.75) is 26.7 Å². The zero-order valence-electron chi connectivity index (χ0n) is 11.0. The summed E-state index contributed by atoms with van der Waals surface area (Å²) in [6.07, 6.45) is 2.06. The minimum absolute atomic E-state index is 0.0589. The van der Waals surface area contributed by atoms with Gasteiger partial charge in [0.25, 0.3) is 0 Å². The van der Waals surface area contributed by atoms with Crippen molar-refractivity contribution in [1.82, 2.24) is 15.3 Å². The fourth-order valence-corrected chi connectivity index (χ4v) is 2.02. The SMILES string of the molecule is CCC(CC)(CO)CNN1CCN(C)CC1. The lowest BCUT2D eigenvalue weighted by Crippen LogP contribution is -2.53. The van der Waals surface area contributed by atoms with Gasteiger partial charge < -0.3 is 10.0 Å². The third kappa shape index (κ3) is 3.70. The summed E-state index contributed by atoms with van der Waals surface area (Å²) in [7, 11) is 2.16. The molecular weight excluding hydrogens is 202 g/mol. The second kappa shape index (κ2) is 6.55. The molecule has 0 spiro atoms. The predicted octanol–water partition coefficient (Wildman–Crippen LogP) is 0.537. The second-order valence-electron chi connectivity index (χ2n) is 4.99. The Bertz CT molecular complexity index is 178. The van der Waals surface area contributed by atoms with E-state index in [0.717, 1.165) is 45.6 Å². The van der Waals surface area contributed by atoms with E-state index >= 15 is 0 Å². The highest BCUT2D eigenvalue weighted by Crippen LogP contribution is 2.24. The van der Waals surface area contributed by atoms with E-state index in [4.69, 9.17) is 0 Å². The first-order valence-electron chi connectivity index (χ1n) is 6.43. The highest BCUT2D eigenvalue weighted by Gasteiger charge is 2.26. The molecule has 1 heterocycles. The first kappa shape index (κ1) is 13.9. The molecule has 1 fully saturated rings. The van der Waals surface area contributed by atoms with E-state index < -0.39 is 0 Å². The standard InChI is InChI=1S/C12H27N3O/c1-4-12(5-2,11-16)10-13-15-8-6-14(3)7-9-15/h13,16H,4-11H2,1-3H3. The van der Waals surface area contributed by atoms with Gasteiger partial charge in [-0.3, -0.25) is 5.43 Å². The number of hydrogen-bond donors (Lipinski definition) is 2. The van der Waals surface area contributed by atoms with E-state index in [1.54, 1.807) is 0 Å². The highest BCUT2D eigenvalue weighted by atomic mass is 16.3. The third-order valence-electron chi connectivity index (χ3n) is 4.02. The quantitative estimate of drug-likeness (QED) is 0.697. The Balaban J connectivity index is 2.32. The maximum Gasteiger partial charge on any atom is 0.0499 e. The summed E-state index contributed by atoms with van der Waals surface area (Å²) in [5.74, 6) is 0. The Morgan fingerprint density at radius 2 is 1.69 bits per heavy atom. The molecule has 0 aromatic heterocycles. The van der Waals surface area contributed by atoms with Crippen LogP contribution in [0, 0.1) is 5.41 Å². The highest BCUT2D eigenvalue weighted by molar-refractivity contribution is 4.78. The number of hydrazine groups is 1. The van der Waals surface area contributed by atoms with Gasteiger partial charge in [-0.1, -0.05) is 13.8 Å². The molecule has 4 heteroatoms. The molecule has 0 atom stereocenters. The van der Waals surface area contributed by atoms with Crippen LogP contribution in [0.3, 0.4) is 0 Å². The summed E-state index contributed by atoms with van der Waals surface area (Å²) in [6, 6.07) is 0. The Morgan fingerprint density at radius 3 is 2.12 bits per heavy atom. The molecule has 0 unspecified atom stereocenters. The van der Waals surface area contributed by atoms with Crippen LogP contribution in [0.2, 0.25) is 0 Å². The largest absolute Gasteiger partial charge is 0.396 e. The molecule has 16 heavy (non-hydrogen) atoms. The molecule has 2 N–H and O–H groups in total. The number of hydrogen-bond acceptors (Lipinski definition) is 4.